The highest BCUT2D eigenvalue weighted by Crippen LogP contribution is 2.26. The normalized spacial score (nSPS) is 10.3. The van der Waals surface area contributed by atoms with Crippen LogP contribution in [0.5, 0.6) is 0 Å². The average molecular weight is 218 g/mol. The van der Waals surface area contributed by atoms with Gasteiger partial charge in [0.2, 0.25) is 0 Å². The van der Waals surface area contributed by atoms with Crippen molar-refractivity contribution in [3.63, 3.8) is 0 Å². The molecule has 0 spiro atoms. The summed E-state index contributed by atoms with van der Waals surface area (Å²) in [7, 11) is 1.77. The summed E-state index contributed by atoms with van der Waals surface area (Å²) in [6.45, 7) is 0. The summed E-state index contributed by atoms with van der Waals surface area (Å²) in [5.74, 6) is 0. The predicted molar refractivity (Wildman–Crippen MR) is 59.7 cm³/mol. The Labute approximate surface area is 91.5 Å². The van der Waals surface area contributed by atoms with Crippen molar-refractivity contribution in [1.29, 1.82) is 0 Å². The number of nitrogens with zero attached hydrogens (tertiary/aromatic N) is 3. The second kappa shape index (κ2) is 3.65. The van der Waals surface area contributed by atoms with Crippen molar-refractivity contribution in [3.8, 4) is 11.3 Å². The second-order valence-corrected chi connectivity index (χ2v) is 3.38. The molecule has 82 valence electrons. The molecular weight excluding hydrogens is 208 g/mol. The molecule has 6 nitrogen and oxygen atoms in total. The maximum Gasteiger partial charge on any atom is 0.269 e. The van der Waals surface area contributed by atoms with Gasteiger partial charge in [-0.05, 0) is 12.1 Å². The largest absolute Gasteiger partial charge is 0.396 e. The number of benzene rings is 1. The van der Waals surface area contributed by atoms with Crippen LogP contribution < -0.4 is 5.73 Å². The molecule has 0 saturated heterocycles. The van der Waals surface area contributed by atoms with Crippen LogP contribution in [0.1, 0.15) is 0 Å². The molecule has 0 fully saturated rings. The van der Waals surface area contributed by atoms with Gasteiger partial charge in [0.1, 0.15) is 0 Å². The number of rotatable bonds is 2. The Morgan fingerprint density at radius 3 is 2.44 bits per heavy atom. The van der Waals surface area contributed by atoms with Crippen molar-refractivity contribution in [3.05, 3.63) is 40.6 Å². The van der Waals surface area contributed by atoms with Crippen molar-refractivity contribution < 1.29 is 4.92 Å². The van der Waals surface area contributed by atoms with E-state index in [9.17, 15) is 10.1 Å². The van der Waals surface area contributed by atoms with Crippen molar-refractivity contribution in [2.24, 2.45) is 7.05 Å². The van der Waals surface area contributed by atoms with E-state index >= 15 is 0 Å². The fourth-order valence-electron chi connectivity index (χ4n) is 1.55. The molecule has 0 radical (unpaired) electrons. The molecule has 2 aromatic rings. The molecule has 0 amide bonds. The lowest BCUT2D eigenvalue weighted by molar-refractivity contribution is -0.384. The molecule has 6 heteroatoms. The molecule has 0 aliphatic rings. The molecule has 0 unspecified atom stereocenters. The third-order valence-electron chi connectivity index (χ3n) is 2.32. The Morgan fingerprint density at radius 1 is 1.38 bits per heavy atom. The van der Waals surface area contributed by atoms with Gasteiger partial charge in [-0.25, -0.2) is 0 Å². The third-order valence-corrected chi connectivity index (χ3v) is 2.32. The van der Waals surface area contributed by atoms with Gasteiger partial charge in [0.05, 0.1) is 22.5 Å². The fraction of sp³-hybridized carbons (Fsp3) is 0.100. The number of nitrogens with two attached hydrogens (primary N) is 1. The summed E-state index contributed by atoms with van der Waals surface area (Å²) >= 11 is 0. The number of nitrogen functional groups attached to an aromatic ring is 1. The molecule has 0 saturated carbocycles. The van der Waals surface area contributed by atoms with E-state index in [0.717, 1.165) is 11.3 Å². The number of non-ortho nitro benzene ring substituents is 1. The van der Waals surface area contributed by atoms with E-state index in [-0.39, 0.29) is 5.69 Å². The van der Waals surface area contributed by atoms with Gasteiger partial charge < -0.3 is 5.73 Å². The molecule has 1 aromatic heterocycles. The van der Waals surface area contributed by atoms with Crippen molar-refractivity contribution >= 4 is 11.4 Å². The van der Waals surface area contributed by atoms with Gasteiger partial charge >= 0.3 is 0 Å². The molecule has 0 bridgehead atoms. The number of hydrogen-bond acceptors (Lipinski definition) is 4. The Morgan fingerprint density at radius 2 is 2.00 bits per heavy atom. The topological polar surface area (TPSA) is 87.0 Å². The number of nitro groups is 1. The number of aromatic nitrogens is 2. The summed E-state index contributed by atoms with van der Waals surface area (Å²) in [6, 6.07) is 6.21. The fourth-order valence-corrected chi connectivity index (χ4v) is 1.55. The molecule has 1 aromatic carbocycles. The summed E-state index contributed by atoms with van der Waals surface area (Å²) < 4.78 is 1.64. The van der Waals surface area contributed by atoms with Crippen molar-refractivity contribution in [2.75, 3.05) is 5.73 Å². The highest BCUT2D eigenvalue weighted by Gasteiger charge is 2.10. The first-order chi connectivity index (χ1) is 7.59. The maximum absolute atomic E-state index is 10.5. The SMILES string of the molecule is Cn1ncc(N)c1-c1ccc([N+](=O)[O-])cc1. The quantitative estimate of drug-likeness (QED) is 0.612. The van der Waals surface area contributed by atoms with E-state index in [4.69, 9.17) is 5.73 Å². The maximum atomic E-state index is 10.5. The van der Waals surface area contributed by atoms with Crippen LogP contribution in [-0.2, 0) is 7.05 Å². The minimum atomic E-state index is -0.434. The summed E-state index contributed by atoms with van der Waals surface area (Å²) in [4.78, 5) is 10.1. The van der Waals surface area contributed by atoms with Gasteiger partial charge in [0.15, 0.2) is 0 Å². The van der Waals surface area contributed by atoms with Crippen molar-refractivity contribution in [1.82, 2.24) is 9.78 Å². The van der Waals surface area contributed by atoms with Crippen LogP contribution >= 0.6 is 0 Å². The van der Waals surface area contributed by atoms with Gasteiger partial charge in [-0.15, -0.1) is 0 Å². The Hall–Kier alpha value is -2.37. The summed E-state index contributed by atoms with van der Waals surface area (Å²) in [6.07, 6.45) is 1.55. The van der Waals surface area contributed by atoms with E-state index < -0.39 is 4.92 Å². The number of aryl methyl sites for hydroxylation is 1. The lowest BCUT2D eigenvalue weighted by Gasteiger charge is -2.03. The van der Waals surface area contributed by atoms with Crippen LogP contribution in [0, 0.1) is 10.1 Å². The van der Waals surface area contributed by atoms with Crippen LogP contribution in [-0.4, -0.2) is 14.7 Å². The molecular formula is C10H10N4O2. The molecule has 1 heterocycles. The number of nitro benzene ring substituents is 1. The molecule has 0 atom stereocenters. The number of anilines is 1. The van der Waals surface area contributed by atoms with Gasteiger partial charge in [0.25, 0.3) is 5.69 Å². The zero-order chi connectivity index (χ0) is 11.7. The third kappa shape index (κ3) is 1.60. The van der Waals surface area contributed by atoms with Crippen molar-refractivity contribution in [2.45, 2.75) is 0 Å². The van der Waals surface area contributed by atoms with Gasteiger partial charge in [-0.2, -0.15) is 5.10 Å². The summed E-state index contributed by atoms with van der Waals surface area (Å²) in [5, 5.41) is 14.5. The Bertz CT molecular complexity index is 511. The molecule has 2 rings (SSSR count). The molecule has 0 aliphatic carbocycles. The van der Waals surface area contributed by atoms with Crippen LogP contribution in [0.15, 0.2) is 30.5 Å². The van der Waals surface area contributed by atoms with Gasteiger partial charge in [0, 0.05) is 24.7 Å². The first-order valence-corrected chi connectivity index (χ1v) is 4.62. The molecule has 0 aliphatic heterocycles. The van der Waals surface area contributed by atoms with Crippen LogP contribution in [0.25, 0.3) is 11.3 Å². The smallest absolute Gasteiger partial charge is 0.269 e. The Kier molecular flexibility index (Phi) is 2.32. The van der Waals surface area contributed by atoms with E-state index in [0.29, 0.717) is 5.69 Å². The van der Waals surface area contributed by atoms with Gasteiger partial charge in [-0.1, -0.05) is 0 Å². The van der Waals surface area contributed by atoms with Crippen LogP contribution in [0.2, 0.25) is 0 Å². The van der Waals surface area contributed by atoms with Crippen LogP contribution in [0.3, 0.4) is 0 Å². The number of hydrogen-bond donors (Lipinski definition) is 1. The first-order valence-electron chi connectivity index (χ1n) is 4.62. The lowest BCUT2D eigenvalue weighted by atomic mass is 10.1. The zero-order valence-corrected chi connectivity index (χ0v) is 8.62. The zero-order valence-electron chi connectivity index (χ0n) is 8.62. The highest BCUT2D eigenvalue weighted by molar-refractivity contribution is 5.73. The van der Waals surface area contributed by atoms with Gasteiger partial charge in [-0.3, -0.25) is 14.8 Å². The highest BCUT2D eigenvalue weighted by atomic mass is 16.6. The summed E-state index contributed by atoms with van der Waals surface area (Å²) in [5.41, 5.74) is 7.93. The van der Waals surface area contributed by atoms with Crippen LogP contribution in [0.4, 0.5) is 11.4 Å². The first kappa shape index (κ1) is 10.2. The monoisotopic (exact) mass is 218 g/mol. The lowest BCUT2D eigenvalue weighted by Crippen LogP contribution is -1.96. The average Bonchev–Trinajstić information content (AvgIpc) is 2.59. The van der Waals surface area contributed by atoms with E-state index in [2.05, 4.69) is 5.10 Å². The van der Waals surface area contributed by atoms with E-state index in [1.807, 2.05) is 0 Å². The predicted octanol–water partition coefficient (Wildman–Crippen LogP) is 1.58. The molecule has 2 N–H and O–H groups in total. The second-order valence-electron chi connectivity index (χ2n) is 3.38. The van der Waals surface area contributed by atoms with E-state index in [1.54, 1.807) is 30.1 Å². The minimum Gasteiger partial charge on any atom is -0.396 e. The minimum absolute atomic E-state index is 0.0597. The van der Waals surface area contributed by atoms with E-state index in [1.165, 1.54) is 12.1 Å². The standard InChI is InChI=1S/C10H10N4O2/c1-13-10(9(11)6-12-13)7-2-4-8(5-3-7)14(15)16/h2-6H,11H2,1H3. The molecule has 16 heavy (non-hydrogen) atoms. The Balaban J connectivity index is 2.46.